The van der Waals surface area contributed by atoms with Crippen molar-refractivity contribution in [2.75, 3.05) is 13.7 Å². The van der Waals surface area contributed by atoms with E-state index in [0.717, 1.165) is 25.9 Å². The summed E-state index contributed by atoms with van der Waals surface area (Å²) in [5, 5.41) is 7.89. The molecule has 0 aromatic carbocycles. The number of hydrogen-bond donors (Lipinski definition) is 1. The maximum absolute atomic E-state index is 5.42. The standard InChI is InChI=1S/C14H27N3O/c1-6-13(15-7-2)12-10-16-17(11-12)9-8-14(3,4)18-5/h10-11,13,15H,6-9H2,1-5H3. The van der Waals surface area contributed by atoms with Crippen molar-refractivity contribution in [2.45, 2.75) is 58.7 Å². The number of hydrogen-bond acceptors (Lipinski definition) is 3. The lowest BCUT2D eigenvalue weighted by Crippen LogP contribution is -2.24. The van der Waals surface area contributed by atoms with Gasteiger partial charge in [0.15, 0.2) is 0 Å². The minimum atomic E-state index is -0.0854. The molecule has 0 spiro atoms. The first-order chi connectivity index (χ1) is 8.52. The van der Waals surface area contributed by atoms with Crippen LogP contribution in [0.4, 0.5) is 0 Å². The van der Waals surface area contributed by atoms with Crippen LogP contribution in [0, 0.1) is 0 Å². The van der Waals surface area contributed by atoms with Gasteiger partial charge in [0.2, 0.25) is 0 Å². The van der Waals surface area contributed by atoms with Gasteiger partial charge in [0, 0.05) is 31.5 Å². The Morgan fingerprint density at radius 3 is 2.72 bits per heavy atom. The van der Waals surface area contributed by atoms with Gasteiger partial charge in [0.25, 0.3) is 0 Å². The molecule has 104 valence electrons. The Hall–Kier alpha value is -0.870. The molecule has 0 fully saturated rings. The lowest BCUT2D eigenvalue weighted by atomic mass is 10.1. The quantitative estimate of drug-likeness (QED) is 0.774. The third kappa shape index (κ3) is 4.42. The van der Waals surface area contributed by atoms with Gasteiger partial charge in [0.05, 0.1) is 11.8 Å². The molecule has 0 aliphatic heterocycles. The Morgan fingerprint density at radius 2 is 2.17 bits per heavy atom. The van der Waals surface area contributed by atoms with E-state index >= 15 is 0 Å². The highest BCUT2D eigenvalue weighted by Gasteiger charge is 2.17. The average Bonchev–Trinajstić information content (AvgIpc) is 2.82. The van der Waals surface area contributed by atoms with Gasteiger partial charge in [-0.25, -0.2) is 0 Å². The van der Waals surface area contributed by atoms with E-state index in [1.807, 2.05) is 10.9 Å². The number of nitrogens with zero attached hydrogens (tertiary/aromatic N) is 2. The van der Waals surface area contributed by atoms with Crippen molar-refractivity contribution in [3.63, 3.8) is 0 Å². The van der Waals surface area contributed by atoms with Gasteiger partial charge in [-0.1, -0.05) is 13.8 Å². The summed E-state index contributed by atoms with van der Waals surface area (Å²) in [6.45, 7) is 10.4. The molecule has 0 saturated heterocycles. The first-order valence-electron chi connectivity index (χ1n) is 6.83. The first-order valence-corrected chi connectivity index (χ1v) is 6.83. The molecule has 0 radical (unpaired) electrons. The summed E-state index contributed by atoms with van der Waals surface area (Å²) >= 11 is 0. The van der Waals surface area contributed by atoms with Gasteiger partial charge >= 0.3 is 0 Å². The highest BCUT2D eigenvalue weighted by Crippen LogP contribution is 2.17. The maximum Gasteiger partial charge on any atom is 0.0640 e. The maximum atomic E-state index is 5.42. The van der Waals surface area contributed by atoms with Crippen LogP contribution in [0.2, 0.25) is 0 Å². The fourth-order valence-electron chi connectivity index (χ4n) is 1.91. The molecule has 0 bridgehead atoms. The lowest BCUT2D eigenvalue weighted by Gasteiger charge is -2.22. The molecule has 1 rings (SSSR count). The van der Waals surface area contributed by atoms with Crippen molar-refractivity contribution >= 4 is 0 Å². The van der Waals surface area contributed by atoms with Gasteiger partial charge in [0.1, 0.15) is 0 Å². The summed E-state index contributed by atoms with van der Waals surface area (Å²) in [6, 6.07) is 0.416. The van der Waals surface area contributed by atoms with Crippen LogP contribution in [0.25, 0.3) is 0 Å². The molecule has 4 nitrogen and oxygen atoms in total. The monoisotopic (exact) mass is 253 g/mol. The van der Waals surface area contributed by atoms with Gasteiger partial charge in [-0.15, -0.1) is 0 Å². The van der Waals surface area contributed by atoms with Crippen LogP contribution in [0.1, 0.15) is 52.1 Å². The van der Waals surface area contributed by atoms with Crippen LogP contribution in [0.15, 0.2) is 12.4 Å². The topological polar surface area (TPSA) is 39.1 Å². The largest absolute Gasteiger partial charge is 0.379 e. The Balaban J connectivity index is 2.57. The van der Waals surface area contributed by atoms with Crippen LogP contribution >= 0.6 is 0 Å². The van der Waals surface area contributed by atoms with Gasteiger partial charge in [-0.05, 0) is 33.2 Å². The molecule has 4 heteroatoms. The van der Waals surface area contributed by atoms with E-state index in [4.69, 9.17) is 4.74 Å². The van der Waals surface area contributed by atoms with Crippen LogP contribution in [-0.2, 0) is 11.3 Å². The molecular formula is C14H27N3O. The van der Waals surface area contributed by atoms with Crippen molar-refractivity contribution in [1.82, 2.24) is 15.1 Å². The van der Waals surface area contributed by atoms with E-state index in [9.17, 15) is 0 Å². The number of methoxy groups -OCH3 is 1. The predicted octanol–water partition coefficient (Wildman–Crippen LogP) is 2.76. The molecule has 18 heavy (non-hydrogen) atoms. The zero-order valence-corrected chi connectivity index (χ0v) is 12.4. The van der Waals surface area contributed by atoms with Crippen molar-refractivity contribution in [3.8, 4) is 0 Å². The van der Waals surface area contributed by atoms with Gasteiger partial charge in [-0.3, -0.25) is 4.68 Å². The van der Waals surface area contributed by atoms with Gasteiger partial charge < -0.3 is 10.1 Å². The number of ether oxygens (including phenoxy) is 1. The zero-order valence-electron chi connectivity index (χ0n) is 12.4. The van der Waals surface area contributed by atoms with Crippen molar-refractivity contribution < 1.29 is 4.74 Å². The van der Waals surface area contributed by atoms with Crippen molar-refractivity contribution in [2.24, 2.45) is 0 Å². The molecule has 1 heterocycles. The molecule has 1 unspecified atom stereocenters. The molecule has 0 aliphatic carbocycles. The van der Waals surface area contributed by atoms with Crippen LogP contribution in [0.5, 0.6) is 0 Å². The van der Waals surface area contributed by atoms with Crippen LogP contribution < -0.4 is 5.32 Å². The summed E-state index contributed by atoms with van der Waals surface area (Å²) in [6.07, 6.45) is 6.16. The van der Waals surface area contributed by atoms with Crippen molar-refractivity contribution in [1.29, 1.82) is 0 Å². The minimum Gasteiger partial charge on any atom is -0.379 e. The zero-order chi connectivity index (χ0) is 13.6. The van der Waals surface area contributed by atoms with E-state index in [1.165, 1.54) is 5.56 Å². The van der Waals surface area contributed by atoms with E-state index in [2.05, 4.69) is 44.3 Å². The second kappa shape index (κ2) is 6.90. The van der Waals surface area contributed by atoms with Crippen LogP contribution in [0.3, 0.4) is 0 Å². The molecule has 0 amide bonds. The second-order valence-corrected chi connectivity index (χ2v) is 5.27. The Morgan fingerprint density at radius 1 is 1.44 bits per heavy atom. The van der Waals surface area contributed by atoms with E-state index < -0.39 is 0 Å². The fraction of sp³-hybridized carbons (Fsp3) is 0.786. The fourth-order valence-corrected chi connectivity index (χ4v) is 1.91. The third-order valence-electron chi connectivity index (χ3n) is 3.41. The normalized spacial score (nSPS) is 13.8. The van der Waals surface area contributed by atoms with Crippen LogP contribution in [-0.4, -0.2) is 29.0 Å². The molecular weight excluding hydrogens is 226 g/mol. The summed E-state index contributed by atoms with van der Waals surface area (Å²) in [5.74, 6) is 0. The molecule has 1 aromatic rings. The summed E-state index contributed by atoms with van der Waals surface area (Å²) in [7, 11) is 1.76. The highest BCUT2D eigenvalue weighted by molar-refractivity contribution is 5.10. The molecule has 0 saturated carbocycles. The predicted molar refractivity (Wildman–Crippen MR) is 74.6 cm³/mol. The Labute approximate surface area is 111 Å². The van der Waals surface area contributed by atoms with E-state index in [-0.39, 0.29) is 5.60 Å². The SMILES string of the molecule is CCNC(CC)c1cnn(CCC(C)(C)OC)c1. The number of rotatable bonds is 8. The first kappa shape index (κ1) is 15.2. The Kier molecular flexibility index (Phi) is 5.82. The highest BCUT2D eigenvalue weighted by atomic mass is 16.5. The third-order valence-corrected chi connectivity index (χ3v) is 3.41. The number of aromatic nitrogens is 2. The lowest BCUT2D eigenvalue weighted by molar-refractivity contribution is 0.0113. The van der Waals surface area contributed by atoms with Crippen molar-refractivity contribution in [3.05, 3.63) is 18.0 Å². The smallest absolute Gasteiger partial charge is 0.0640 e. The Bertz CT molecular complexity index is 347. The molecule has 0 aliphatic rings. The summed E-state index contributed by atoms with van der Waals surface area (Å²) in [4.78, 5) is 0. The molecule has 1 aromatic heterocycles. The summed E-state index contributed by atoms with van der Waals surface area (Å²) in [5.41, 5.74) is 1.19. The van der Waals surface area contributed by atoms with Gasteiger partial charge in [-0.2, -0.15) is 5.10 Å². The minimum absolute atomic E-state index is 0.0854. The number of nitrogens with one attached hydrogen (secondary N) is 1. The molecule has 1 N–H and O–H groups in total. The second-order valence-electron chi connectivity index (χ2n) is 5.27. The summed E-state index contributed by atoms with van der Waals surface area (Å²) < 4.78 is 7.43. The van der Waals surface area contributed by atoms with E-state index in [0.29, 0.717) is 6.04 Å². The molecule has 1 atom stereocenters. The van der Waals surface area contributed by atoms with E-state index in [1.54, 1.807) is 7.11 Å². The number of aryl methyl sites for hydroxylation is 1. The average molecular weight is 253 g/mol.